The Morgan fingerprint density at radius 2 is 1.53 bits per heavy atom. The van der Waals surface area contributed by atoms with Crippen LogP contribution in [0.4, 0.5) is 5.82 Å². The molecule has 0 radical (unpaired) electrons. The Kier molecular flexibility index (Phi) is 15.4. The average Bonchev–Trinajstić information content (AvgIpc) is 3.60. The second-order valence-corrected chi connectivity index (χ2v) is 15.5. The first kappa shape index (κ1) is 43.5. The third-order valence-corrected chi connectivity index (χ3v) is 12.0. The Hall–Kier alpha value is -4.67. The number of rotatable bonds is 19. The molecule has 1 saturated heterocycles. The molecule has 1 fully saturated rings. The van der Waals surface area contributed by atoms with Gasteiger partial charge in [-0.05, 0) is 81.6 Å². The summed E-state index contributed by atoms with van der Waals surface area (Å²) in [5, 5.41) is 9.35. The molecular formula is C43H54N5O8P. The number of anilines is 1. The maximum Gasteiger partial charge on any atom is 0.351 e. The van der Waals surface area contributed by atoms with Crippen molar-refractivity contribution in [1.82, 2.24) is 14.2 Å². The summed E-state index contributed by atoms with van der Waals surface area (Å²) in [6.07, 6.45) is -0.0111. The second kappa shape index (κ2) is 20.1. The molecule has 1 aliphatic heterocycles. The predicted molar refractivity (Wildman–Crippen MR) is 219 cm³/mol. The number of methoxy groups -OCH3 is 2. The second-order valence-electron chi connectivity index (χ2n) is 14.1. The fourth-order valence-electron chi connectivity index (χ4n) is 7.14. The summed E-state index contributed by atoms with van der Waals surface area (Å²) in [6.45, 7) is 12.2. The lowest BCUT2D eigenvalue weighted by molar-refractivity contribution is -0.116. The zero-order valence-corrected chi connectivity index (χ0v) is 34.9. The maximum absolute atomic E-state index is 13.6. The van der Waals surface area contributed by atoms with Gasteiger partial charge in [0.25, 0.3) is 8.53 Å². The third-order valence-electron chi connectivity index (χ3n) is 9.80. The summed E-state index contributed by atoms with van der Waals surface area (Å²) < 4.78 is 41.9. The van der Waals surface area contributed by atoms with Crippen molar-refractivity contribution in [3.8, 4) is 17.6 Å². The van der Waals surface area contributed by atoms with Crippen LogP contribution in [0.5, 0.6) is 11.5 Å². The van der Waals surface area contributed by atoms with Crippen LogP contribution < -0.4 is 20.1 Å². The minimum Gasteiger partial charge on any atom is -0.497 e. The molecule has 0 N–H and O–H groups in total. The topological polar surface area (TPSA) is 138 Å². The standard InChI is InChI=1S/C43H54N5O8P/c1-9-46(32(6)49)40-24-26-47(42(50)45-40)41-28-38(56-57(54-27-13-25-44)48(30(2)3)31(4)5)39(55-41)29-53-43(33-14-11-10-12-15-33,34-16-20-36(51-7)21-17-34)35-18-22-37(52-8)23-19-35/h10-12,14-24,26,30-31,38-39,41H,9,13,27-29H2,1-8H3/t38-,39+,41+,57?/m0/s1. The van der Waals surface area contributed by atoms with E-state index in [1.54, 1.807) is 26.5 Å². The van der Waals surface area contributed by atoms with Crippen molar-refractivity contribution in [1.29, 1.82) is 5.26 Å². The lowest BCUT2D eigenvalue weighted by atomic mass is 9.80. The normalized spacial score (nSPS) is 17.5. The Balaban J connectivity index is 1.60. The van der Waals surface area contributed by atoms with Crippen molar-refractivity contribution in [2.24, 2.45) is 0 Å². The lowest BCUT2D eigenvalue weighted by Gasteiger charge is -2.39. The number of nitriles is 1. The largest absolute Gasteiger partial charge is 0.497 e. The van der Waals surface area contributed by atoms with Gasteiger partial charge in [-0.2, -0.15) is 10.2 Å². The number of ether oxygens (including phenoxy) is 4. The van der Waals surface area contributed by atoms with E-state index in [0.29, 0.717) is 18.0 Å². The van der Waals surface area contributed by atoms with Gasteiger partial charge in [-0.1, -0.05) is 54.6 Å². The third kappa shape index (κ3) is 10.1. The minimum absolute atomic E-state index is 0.0348. The number of nitrogens with zero attached hydrogens (tertiary/aromatic N) is 5. The van der Waals surface area contributed by atoms with Gasteiger partial charge in [0.1, 0.15) is 35.2 Å². The lowest BCUT2D eigenvalue weighted by Crippen LogP contribution is -2.39. The maximum atomic E-state index is 13.6. The summed E-state index contributed by atoms with van der Waals surface area (Å²) >= 11 is 0. The fraction of sp³-hybridized carbons (Fsp3) is 0.442. The van der Waals surface area contributed by atoms with Crippen LogP contribution in [0.25, 0.3) is 0 Å². The van der Waals surface area contributed by atoms with Gasteiger partial charge in [-0.25, -0.2) is 9.46 Å². The van der Waals surface area contributed by atoms with Crippen molar-refractivity contribution in [3.63, 3.8) is 0 Å². The molecule has 0 aliphatic carbocycles. The van der Waals surface area contributed by atoms with Crippen molar-refractivity contribution < 1.29 is 32.8 Å². The van der Waals surface area contributed by atoms with Gasteiger partial charge in [0.2, 0.25) is 5.91 Å². The van der Waals surface area contributed by atoms with Gasteiger partial charge < -0.3 is 28.0 Å². The molecule has 304 valence electrons. The Labute approximate surface area is 337 Å². The first-order valence-corrected chi connectivity index (χ1v) is 20.4. The fourth-order valence-corrected chi connectivity index (χ4v) is 8.90. The highest BCUT2D eigenvalue weighted by molar-refractivity contribution is 7.44. The molecule has 2 heterocycles. The van der Waals surface area contributed by atoms with Gasteiger partial charge in [-0.3, -0.25) is 14.3 Å². The molecule has 1 aliphatic rings. The van der Waals surface area contributed by atoms with Crippen LogP contribution in [0, 0.1) is 11.3 Å². The Bertz CT molecular complexity index is 1930. The van der Waals surface area contributed by atoms with Gasteiger partial charge >= 0.3 is 5.69 Å². The van der Waals surface area contributed by atoms with E-state index in [4.69, 9.17) is 28.0 Å². The number of carbonyl (C=O) groups excluding carboxylic acids is 1. The van der Waals surface area contributed by atoms with E-state index in [9.17, 15) is 14.9 Å². The van der Waals surface area contributed by atoms with Crippen LogP contribution in [0.3, 0.4) is 0 Å². The Morgan fingerprint density at radius 1 is 0.947 bits per heavy atom. The van der Waals surface area contributed by atoms with Crippen molar-refractivity contribution in [2.75, 3.05) is 38.9 Å². The van der Waals surface area contributed by atoms with E-state index in [1.807, 2.05) is 85.8 Å². The summed E-state index contributed by atoms with van der Waals surface area (Å²) in [4.78, 5) is 31.6. The van der Waals surface area contributed by atoms with Gasteiger partial charge in [-0.15, -0.1) is 0 Å². The van der Waals surface area contributed by atoms with E-state index in [-0.39, 0.29) is 49.9 Å². The highest BCUT2D eigenvalue weighted by Crippen LogP contribution is 2.50. The summed E-state index contributed by atoms with van der Waals surface area (Å²) in [6, 6.07) is 29.4. The van der Waals surface area contributed by atoms with Gasteiger partial charge in [0.05, 0.1) is 46.0 Å². The molecular weight excluding hydrogens is 745 g/mol. The van der Waals surface area contributed by atoms with Crippen molar-refractivity contribution in [3.05, 3.63) is 118 Å². The van der Waals surface area contributed by atoms with E-state index in [2.05, 4.69) is 43.4 Å². The molecule has 5 rings (SSSR count). The molecule has 4 atom stereocenters. The SMILES string of the molecule is CCN(C(C)=O)c1ccn([C@H]2C[C@H](OP(OCCC#N)N(C(C)C)C(C)C)[C@@H](COC(c3ccccc3)(c3ccc(OC)cc3)c3ccc(OC)cc3)O2)c(=O)n1. The number of hydrogen-bond donors (Lipinski definition) is 0. The molecule has 4 aromatic rings. The first-order chi connectivity index (χ1) is 27.5. The monoisotopic (exact) mass is 799 g/mol. The predicted octanol–water partition coefficient (Wildman–Crippen LogP) is 7.59. The minimum atomic E-state index is -1.68. The molecule has 1 aromatic heterocycles. The number of benzene rings is 3. The average molecular weight is 800 g/mol. The first-order valence-electron chi connectivity index (χ1n) is 19.2. The van der Waals surface area contributed by atoms with Crippen LogP contribution in [0.1, 0.15) is 77.3 Å². The van der Waals surface area contributed by atoms with Crippen molar-refractivity contribution >= 4 is 20.3 Å². The molecule has 3 aromatic carbocycles. The van der Waals surface area contributed by atoms with Crippen LogP contribution in [-0.4, -0.2) is 78.4 Å². The highest BCUT2D eigenvalue weighted by atomic mass is 31.2. The van der Waals surface area contributed by atoms with E-state index >= 15 is 0 Å². The highest BCUT2D eigenvalue weighted by Gasteiger charge is 2.45. The quantitative estimate of drug-likeness (QED) is 0.0527. The van der Waals surface area contributed by atoms with Gasteiger partial charge in [0, 0.05) is 38.2 Å². The Morgan fingerprint density at radius 3 is 2.02 bits per heavy atom. The molecule has 14 heteroatoms. The molecule has 0 saturated carbocycles. The van der Waals surface area contributed by atoms with Crippen LogP contribution in [0.15, 0.2) is 95.9 Å². The van der Waals surface area contributed by atoms with E-state index in [1.165, 1.54) is 16.4 Å². The van der Waals surface area contributed by atoms with Crippen LogP contribution in [-0.2, 0) is 28.9 Å². The van der Waals surface area contributed by atoms with E-state index < -0.39 is 38.3 Å². The summed E-state index contributed by atoms with van der Waals surface area (Å²) in [5.41, 5.74) is 0.870. The molecule has 57 heavy (non-hydrogen) atoms. The summed E-state index contributed by atoms with van der Waals surface area (Å²) in [5.74, 6) is 1.45. The molecule has 0 spiro atoms. The number of amides is 1. The zero-order chi connectivity index (χ0) is 41.1. The van der Waals surface area contributed by atoms with Crippen molar-refractivity contribution in [2.45, 2.75) is 90.5 Å². The number of hydrogen-bond acceptors (Lipinski definition) is 11. The molecule has 0 bridgehead atoms. The van der Waals surface area contributed by atoms with Crippen LogP contribution >= 0.6 is 8.53 Å². The summed E-state index contributed by atoms with van der Waals surface area (Å²) in [7, 11) is 1.58. The zero-order valence-electron chi connectivity index (χ0n) is 34.0. The molecule has 13 nitrogen and oxygen atoms in total. The van der Waals surface area contributed by atoms with Gasteiger partial charge in [0.15, 0.2) is 0 Å². The molecule has 1 unspecified atom stereocenters. The smallest absolute Gasteiger partial charge is 0.351 e. The molecule has 1 amide bonds. The number of aromatic nitrogens is 2. The van der Waals surface area contributed by atoms with E-state index in [0.717, 1.165) is 16.7 Å². The number of carbonyl (C=O) groups is 1. The van der Waals surface area contributed by atoms with Crippen LogP contribution in [0.2, 0.25) is 0 Å².